The number of hydrogen-bond donors (Lipinski definition) is 2. The molecular weight excluding hydrogens is 222 g/mol. The maximum atomic E-state index is 5.79. The third-order valence-corrected chi connectivity index (χ3v) is 3.53. The number of nitrogens with two attached hydrogens (primary N) is 1. The van der Waals surface area contributed by atoms with Crippen LogP contribution in [0.2, 0.25) is 0 Å². The van der Waals surface area contributed by atoms with E-state index in [4.69, 9.17) is 5.73 Å². The number of rotatable bonds is 6. The first-order valence-electron chi connectivity index (χ1n) is 6.67. The van der Waals surface area contributed by atoms with E-state index in [9.17, 15) is 0 Å². The van der Waals surface area contributed by atoms with Gasteiger partial charge in [0.15, 0.2) is 0 Å². The molecule has 0 saturated heterocycles. The second kappa shape index (κ2) is 6.64. The zero-order chi connectivity index (χ0) is 13.7. The maximum Gasteiger partial charge on any atom is 0.0371 e. The molecule has 0 radical (unpaired) electrons. The molecule has 1 atom stereocenters. The smallest absolute Gasteiger partial charge is 0.0371 e. The zero-order valence-electron chi connectivity index (χ0n) is 12.3. The second-order valence-electron chi connectivity index (χ2n) is 5.51. The van der Waals surface area contributed by atoms with E-state index in [1.807, 2.05) is 0 Å². The fourth-order valence-electron chi connectivity index (χ4n) is 1.96. The largest absolute Gasteiger partial charge is 0.384 e. The van der Waals surface area contributed by atoms with Gasteiger partial charge in [-0.15, -0.1) is 0 Å². The van der Waals surface area contributed by atoms with Crippen molar-refractivity contribution in [1.82, 2.24) is 0 Å². The Kier molecular flexibility index (Phi) is 5.48. The lowest BCUT2D eigenvalue weighted by atomic mass is 9.96. The molecule has 0 aliphatic rings. The Morgan fingerprint density at radius 3 is 2.39 bits per heavy atom. The molecule has 0 spiro atoms. The van der Waals surface area contributed by atoms with Crippen molar-refractivity contribution in [2.24, 2.45) is 17.6 Å². The van der Waals surface area contributed by atoms with E-state index >= 15 is 0 Å². The highest BCUT2D eigenvalue weighted by Gasteiger charge is 2.11. The lowest BCUT2D eigenvalue weighted by Crippen LogP contribution is -2.27. The SMILES string of the molecule is Cc1cc(N(C)C)ccc1NCC(CN)C(C)C. The molecule has 0 bridgehead atoms. The second-order valence-corrected chi connectivity index (χ2v) is 5.51. The van der Waals surface area contributed by atoms with Crippen molar-refractivity contribution in [2.75, 3.05) is 37.4 Å². The van der Waals surface area contributed by atoms with Gasteiger partial charge in [-0.25, -0.2) is 0 Å². The van der Waals surface area contributed by atoms with Gasteiger partial charge in [0, 0.05) is 32.0 Å². The Hall–Kier alpha value is -1.22. The predicted molar refractivity (Wildman–Crippen MR) is 81.4 cm³/mol. The first-order chi connectivity index (χ1) is 8.45. The molecule has 1 unspecified atom stereocenters. The Bertz CT molecular complexity index is 372. The summed E-state index contributed by atoms with van der Waals surface area (Å²) in [6.45, 7) is 8.26. The van der Waals surface area contributed by atoms with Crippen LogP contribution in [0.3, 0.4) is 0 Å². The van der Waals surface area contributed by atoms with Crippen LogP contribution < -0.4 is 16.0 Å². The zero-order valence-corrected chi connectivity index (χ0v) is 12.3. The molecule has 0 amide bonds. The Balaban J connectivity index is 2.68. The van der Waals surface area contributed by atoms with E-state index in [-0.39, 0.29) is 0 Å². The first-order valence-corrected chi connectivity index (χ1v) is 6.67. The van der Waals surface area contributed by atoms with Crippen LogP contribution in [0.5, 0.6) is 0 Å². The quantitative estimate of drug-likeness (QED) is 0.814. The average molecular weight is 249 g/mol. The summed E-state index contributed by atoms with van der Waals surface area (Å²) >= 11 is 0. The lowest BCUT2D eigenvalue weighted by molar-refractivity contribution is 0.413. The molecule has 0 aromatic heterocycles. The summed E-state index contributed by atoms with van der Waals surface area (Å²) in [5.74, 6) is 1.14. The van der Waals surface area contributed by atoms with Gasteiger partial charge in [0.25, 0.3) is 0 Å². The summed E-state index contributed by atoms with van der Waals surface area (Å²) in [6.07, 6.45) is 0. The van der Waals surface area contributed by atoms with E-state index < -0.39 is 0 Å². The van der Waals surface area contributed by atoms with E-state index in [1.165, 1.54) is 16.9 Å². The van der Waals surface area contributed by atoms with Crippen LogP contribution in [0.25, 0.3) is 0 Å². The standard InChI is InChI=1S/C15H27N3/c1-11(2)13(9-16)10-17-15-7-6-14(18(4)5)8-12(15)3/h6-8,11,13,17H,9-10,16H2,1-5H3. The highest BCUT2D eigenvalue weighted by molar-refractivity contribution is 5.59. The van der Waals surface area contributed by atoms with Crippen LogP contribution in [0.15, 0.2) is 18.2 Å². The molecule has 1 aromatic rings. The van der Waals surface area contributed by atoms with Gasteiger partial charge in [-0.05, 0) is 49.1 Å². The summed E-state index contributed by atoms with van der Waals surface area (Å²) in [5, 5.41) is 3.51. The molecule has 0 saturated carbocycles. The molecule has 1 rings (SSSR count). The van der Waals surface area contributed by atoms with Crippen molar-refractivity contribution < 1.29 is 0 Å². The molecule has 3 N–H and O–H groups in total. The summed E-state index contributed by atoms with van der Waals surface area (Å²) in [6, 6.07) is 6.50. The summed E-state index contributed by atoms with van der Waals surface area (Å²) < 4.78 is 0. The van der Waals surface area contributed by atoms with Crippen molar-refractivity contribution in [2.45, 2.75) is 20.8 Å². The molecule has 102 valence electrons. The minimum absolute atomic E-state index is 0.526. The van der Waals surface area contributed by atoms with Crippen molar-refractivity contribution >= 4 is 11.4 Å². The van der Waals surface area contributed by atoms with Gasteiger partial charge in [-0.2, -0.15) is 0 Å². The number of benzene rings is 1. The average Bonchev–Trinajstić information content (AvgIpc) is 2.30. The van der Waals surface area contributed by atoms with Crippen LogP contribution in [0.1, 0.15) is 19.4 Å². The van der Waals surface area contributed by atoms with Gasteiger partial charge in [-0.3, -0.25) is 0 Å². The van der Waals surface area contributed by atoms with Crippen molar-refractivity contribution in [3.05, 3.63) is 23.8 Å². The van der Waals surface area contributed by atoms with E-state index in [2.05, 4.69) is 63.3 Å². The van der Waals surface area contributed by atoms with Gasteiger partial charge in [0.2, 0.25) is 0 Å². The normalized spacial score (nSPS) is 12.6. The van der Waals surface area contributed by atoms with Crippen LogP contribution in [0, 0.1) is 18.8 Å². The third-order valence-electron chi connectivity index (χ3n) is 3.53. The van der Waals surface area contributed by atoms with Crippen molar-refractivity contribution in [3.8, 4) is 0 Å². The monoisotopic (exact) mass is 249 g/mol. The summed E-state index contributed by atoms with van der Waals surface area (Å²) in [7, 11) is 4.12. The van der Waals surface area contributed by atoms with Gasteiger partial charge >= 0.3 is 0 Å². The molecule has 3 heteroatoms. The predicted octanol–water partition coefficient (Wildman–Crippen LogP) is 2.70. The van der Waals surface area contributed by atoms with Crippen molar-refractivity contribution in [3.63, 3.8) is 0 Å². The Morgan fingerprint density at radius 1 is 1.28 bits per heavy atom. The van der Waals surface area contributed by atoms with E-state index in [0.29, 0.717) is 11.8 Å². The topological polar surface area (TPSA) is 41.3 Å². The minimum Gasteiger partial charge on any atom is -0.384 e. The molecule has 18 heavy (non-hydrogen) atoms. The van der Waals surface area contributed by atoms with Crippen LogP contribution in [-0.2, 0) is 0 Å². The number of aryl methyl sites for hydroxylation is 1. The summed E-state index contributed by atoms with van der Waals surface area (Å²) in [5.41, 5.74) is 9.51. The van der Waals surface area contributed by atoms with E-state index in [0.717, 1.165) is 13.1 Å². The van der Waals surface area contributed by atoms with Gasteiger partial charge < -0.3 is 16.0 Å². The van der Waals surface area contributed by atoms with Crippen LogP contribution in [0.4, 0.5) is 11.4 Å². The lowest BCUT2D eigenvalue weighted by Gasteiger charge is -2.21. The third kappa shape index (κ3) is 3.91. The van der Waals surface area contributed by atoms with Crippen LogP contribution in [-0.4, -0.2) is 27.2 Å². The molecule has 0 fully saturated rings. The van der Waals surface area contributed by atoms with Gasteiger partial charge in [0.1, 0.15) is 0 Å². The Labute approximate surface area is 111 Å². The van der Waals surface area contributed by atoms with E-state index in [1.54, 1.807) is 0 Å². The first kappa shape index (κ1) is 14.8. The molecule has 1 aromatic carbocycles. The number of anilines is 2. The van der Waals surface area contributed by atoms with Crippen LogP contribution >= 0.6 is 0 Å². The molecule has 0 aliphatic carbocycles. The maximum absolute atomic E-state index is 5.79. The highest BCUT2D eigenvalue weighted by atomic mass is 15.1. The number of hydrogen-bond acceptors (Lipinski definition) is 3. The molecule has 3 nitrogen and oxygen atoms in total. The number of nitrogens with one attached hydrogen (secondary N) is 1. The van der Waals surface area contributed by atoms with Crippen molar-refractivity contribution in [1.29, 1.82) is 0 Å². The fourth-order valence-corrected chi connectivity index (χ4v) is 1.96. The fraction of sp³-hybridized carbons (Fsp3) is 0.600. The minimum atomic E-state index is 0.526. The van der Waals surface area contributed by atoms with Gasteiger partial charge in [0.05, 0.1) is 0 Å². The highest BCUT2D eigenvalue weighted by Crippen LogP contribution is 2.22. The van der Waals surface area contributed by atoms with Gasteiger partial charge in [-0.1, -0.05) is 13.8 Å². The number of nitrogens with zero attached hydrogens (tertiary/aromatic N) is 1. The Morgan fingerprint density at radius 2 is 1.94 bits per heavy atom. The summed E-state index contributed by atoms with van der Waals surface area (Å²) in [4.78, 5) is 2.12. The molecule has 0 aliphatic heterocycles. The molecule has 0 heterocycles. The molecular formula is C15H27N3.